The van der Waals surface area contributed by atoms with Crippen molar-refractivity contribution in [2.24, 2.45) is 0 Å². The minimum Gasteiger partial charge on any atom is -0.395 e. The van der Waals surface area contributed by atoms with Gasteiger partial charge in [0.25, 0.3) is 5.56 Å². The van der Waals surface area contributed by atoms with Gasteiger partial charge < -0.3 is 39.2 Å². The number of fused-ring (bicyclic) bond motifs is 1. The molecule has 4 aromatic rings. The molecule has 0 amide bonds. The van der Waals surface area contributed by atoms with E-state index in [2.05, 4.69) is 49.7 Å². The van der Waals surface area contributed by atoms with E-state index in [4.69, 9.17) is 23.0 Å². The van der Waals surface area contributed by atoms with Crippen LogP contribution in [0.25, 0.3) is 22.2 Å². The van der Waals surface area contributed by atoms with Gasteiger partial charge in [-0.25, -0.2) is 28.9 Å². The lowest BCUT2D eigenvalue weighted by atomic mass is 10.1. The number of aliphatic hydroxyl groups excluding tert-OH is 3. The highest BCUT2D eigenvalue weighted by Gasteiger charge is 2.51. The Morgan fingerprint density at radius 2 is 1.90 bits per heavy atom. The maximum Gasteiger partial charge on any atom is 0.386 e. The number of ether oxygens (including phenoxy) is 2. The van der Waals surface area contributed by atoms with Crippen LogP contribution >= 0.6 is 38.5 Å². The molecule has 24 heteroatoms. The molecule has 3 aliphatic heterocycles. The van der Waals surface area contributed by atoms with Crippen molar-refractivity contribution in [2.75, 3.05) is 31.7 Å². The number of alkyl halides is 1. The van der Waals surface area contributed by atoms with E-state index in [0.717, 1.165) is 21.9 Å². The summed E-state index contributed by atoms with van der Waals surface area (Å²) in [4.78, 5) is 29.7. The monoisotopic (exact) mass is 778 g/mol. The number of thiol groups is 2. The van der Waals surface area contributed by atoms with Crippen LogP contribution in [0.2, 0.25) is 0 Å². The van der Waals surface area contributed by atoms with Crippen molar-refractivity contribution in [3.63, 3.8) is 0 Å². The summed E-state index contributed by atoms with van der Waals surface area (Å²) in [5, 5.41) is 34.3. The van der Waals surface area contributed by atoms with Gasteiger partial charge in [0.1, 0.15) is 54.6 Å². The third-order valence-electron chi connectivity index (χ3n) is 8.70. The van der Waals surface area contributed by atoms with Gasteiger partial charge in [0, 0.05) is 12.7 Å². The van der Waals surface area contributed by atoms with E-state index in [0.29, 0.717) is 24.4 Å². The summed E-state index contributed by atoms with van der Waals surface area (Å²) in [6, 6.07) is 0. The maximum atomic E-state index is 16.1. The molecule has 4 N–H and O–H groups in total. The van der Waals surface area contributed by atoms with Crippen LogP contribution < -0.4 is 10.9 Å². The molecule has 0 aliphatic carbocycles. The standard InChI is InChI=1S/C26H33FN8O11P2S2/c27-16-19(13(7-37)43-25(16)34-6-12-2-1-3-28-21-15(12)22(34)30-9-29-21)46-48(41,50)42-8-14-18(38)20(45-47(40)49)26(44-14)35-11-31-17-23(35)32-10-33(4-5-36)24(17)39/h6,9-11,13-14,16,18-20,25-26,36-38,47H,1-5,7-8H2,(H,40,49)(H,41,50)(H,28,29,30)/t13-,14-,16+,18-,19-,20-,25-,26-,48?/m1/s1. The number of halogens is 1. The molecular weight excluding hydrogens is 745 g/mol. The van der Waals surface area contributed by atoms with Crippen molar-refractivity contribution >= 4 is 66.5 Å². The summed E-state index contributed by atoms with van der Waals surface area (Å²) in [7, 11) is -2.96. The van der Waals surface area contributed by atoms with E-state index in [-0.39, 0.29) is 24.3 Å². The highest BCUT2D eigenvalue weighted by molar-refractivity contribution is 8.44. The van der Waals surface area contributed by atoms with Gasteiger partial charge in [0.15, 0.2) is 29.8 Å². The highest BCUT2D eigenvalue weighted by atomic mass is 32.7. The molecule has 10 atom stereocenters. The maximum absolute atomic E-state index is 16.1. The molecule has 2 saturated heterocycles. The van der Waals surface area contributed by atoms with Crippen LogP contribution in [0.5, 0.6) is 0 Å². The minimum absolute atomic E-state index is 0.0145. The van der Waals surface area contributed by atoms with Crippen molar-refractivity contribution in [1.82, 2.24) is 33.6 Å². The zero-order valence-electron chi connectivity index (χ0n) is 25.8. The zero-order valence-corrected chi connectivity index (χ0v) is 29.5. The van der Waals surface area contributed by atoms with E-state index in [1.165, 1.54) is 28.1 Å². The summed E-state index contributed by atoms with van der Waals surface area (Å²) in [6.45, 7) is -5.37. The molecular formula is C26H33FN8O11P2S2. The molecule has 0 spiro atoms. The van der Waals surface area contributed by atoms with Crippen LogP contribution in [0.1, 0.15) is 24.4 Å². The summed E-state index contributed by atoms with van der Waals surface area (Å²) >= 11 is 7.85. The first kappa shape index (κ1) is 35.9. The number of nitrogens with one attached hydrogen (secondary N) is 1. The average molecular weight is 779 g/mol. The van der Waals surface area contributed by atoms with E-state index in [1.807, 2.05) is 0 Å². The number of aromatic nitrogens is 7. The Kier molecular flexibility index (Phi) is 10.4. The molecule has 2 unspecified atom stereocenters. The smallest absolute Gasteiger partial charge is 0.386 e. The summed E-state index contributed by atoms with van der Waals surface area (Å²) in [5.41, 5.74) is 0.722. The van der Waals surface area contributed by atoms with Gasteiger partial charge in [-0.3, -0.25) is 27.5 Å². The second kappa shape index (κ2) is 14.5. The molecule has 7 rings (SSSR count). The van der Waals surface area contributed by atoms with E-state index >= 15 is 4.39 Å². The fourth-order valence-electron chi connectivity index (χ4n) is 6.43. The third-order valence-corrected chi connectivity index (χ3v) is 11.1. The molecule has 4 aromatic heterocycles. The quantitative estimate of drug-likeness (QED) is 0.0870. The number of aliphatic hydroxyl groups is 3. The Bertz CT molecular complexity index is 2020. The van der Waals surface area contributed by atoms with Crippen LogP contribution in [0.4, 0.5) is 10.2 Å². The van der Waals surface area contributed by atoms with Gasteiger partial charge in [0.2, 0.25) is 7.23 Å². The SMILES string of the molecule is O=c1c2ncn([C@@H]3O[C@H](COP(=O)(S)O[C@H]4[C@H](F)[C@H](n5cc6c7c(ncnc75)NCCC6)O[C@@H]4CO)[C@@H](O)[C@H]3O[PH](=O)S)c2ncn1CCO. The van der Waals surface area contributed by atoms with Crippen LogP contribution in [0.3, 0.4) is 0 Å². The molecule has 0 aromatic carbocycles. The molecule has 0 saturated carbocycles. The molecule has 19 nitrogen and oxygen atoms in total. The number of aryl methyl sites for hydroxylation is 1. The van der Waals surface area contributed by atoms with Gasteiger partial charge in [-0.1, -0.05) is 24.5 Å². The average Bonchev–Trinajstić information content (AvgIpc) is 3.79. The van der Waals surface area contributed by atoms with Crippen molar-refractivity contribution in [3.8, 4) is 0 Å². The molecule has 50 heavy (non-hydrogen) atoms. The lowest BCUT2D eigenvalue weighted by molar-refractivity contribution is -0.0511. The van der Waals surface area contributed by atoms with Gasteiger partial charge in [-0.05, 0) is 18.4 Å². The first-order chi connectivity index (χ1) is 24.0. The molecule has 7 heterocycles. The van der Waals surface area contributed by atoms with Crippen LogP contribution in [0.15, 0.2) is 30.0 Å². The largest absolute Gasteiger partial charge is 0.395 e. The molecule has 272 valence electrons. The molecule has 0 bridgehead atoms. The summed E-state index contributed by atoms with van der Waals surface area (Å²) < 4.78 is 73.7. The Balaban J connectivity index is 1.07. The Hall–Kier alpha value is -2.46. The lowest BCUT2D eigenvalue weighted by Crippen LogP contribution is -2.35. The van der Waals surface area contributed by atoms with Crippen molar-refractivity contribution in [1.29, 1.82) is 0 Å². The Morgan fingerprint density at radius 3 is 2.66 bits per heavy atom. The van der Waals surface area contributed by atoms with Crippen molar-refractivity contribution < 1.29 is 51.9 Å². The number of nitrogens with zero attached hydrogens (tertiary/aromatic N) is 7. The summed E-state index contributed by atoms with van der Waals surface area (Å²) in [6.07, 6.45) is -4.59. The van der Waals surface area contributed by atoms with Crippen LogP contribution in [-0.4, -0.2) is 112 Å². The lowest BCUT2D eigenvalue weighted by Gasteiger charge is -2.23. The van der Waals surface area contributed by atoms with Gasteiger partial charge >= 0.3 is 6.80 Å². The summed E-state index contributed by atoms with van der Waals surface area (Å²) in [5.74, 6) is 0.612. The van der Waals surface area contributed by atoms with E-state index in [1.54, 1.807) is 6.20 Å². The van der Waals surface area contributed by atoms with Gasteiger partial charge in [-0.15, -0.1) is 0 Å². The second-order valence-electron chi connectivity index (χ2n) is 11.7. The van der Waals surface area contributed by atoms with Gasteiger partial charge in [-0.2, -0.15) is 0 Å². The van der Waals surface area contributed by atoms with Crippen molar-refractivity contribution in [2.45, 2.75) is 68.5 Å². The third kappa shape index (κ3) is 6.65. The molecule has 3 aliphatic rings. The first-order valence-electron chi connectivity index (χ1n) is 15.4. The van der Waals surface area contributed by atoms with Crippen LogP contribution in [-0.2, 0) is 45.1 Å². The predicted molar refractivity (Wildman–Crippen MR) is 179 cm³/mol. The molecule has 0 radical (unpaired) electrons. The normalized spacial score (nSPS) is 30.0. The second-order valence-corrected chi connectivity index (χ2v) is 16.5. The first-order valence-corrected chi connectivity index (χ1v) is 20.7. The fraction of sp³-hybridized carbons (Fsp3) is 0.577. The van der Waals surface area contributed by atoms with Gasteiger partial charge in [0.05, 0.1) is 38.1 Å². The Morgan fingerprint density at radius 1 is 1.10 bits per heavy atom. The predicted octanol–water partition coefficient (Wildman–Crippen LogP) is 1.02. The Labute approximate surface area is 292 Å². The number of anilines is 1. The highest BCUT2D eigenvalue weighted by Crippen LogP contribution is 2.57. The minimum atomic E-state index is -4.44. The van der Waals surface area contributed by atoms with E-state index in [9.17, 15) is 29.2 Å². The number of hydrogen-bond donors (Lipinski definition) is 6. The van der Waals surface area contributed by atoms with Crippen LogP contribution in [0, 0.1) is 0 Å². The number of rotatable bonds is 12. The van der Waals surface area contributed by atoms with Crippen molar-refractivity contribution in [3.05, 3.63) is 41.1 Å². The van der Waals surface area contributed by atoms with E-state index < -0.39 is 81.9 Å². The fourth-order valence-corrected chi connectivity index (χ4v) is 8.77. The number of imidazole rings is 1. The zero-order chi connectivity index (χ0) is 35.3. The topological polar surface area (TPSA) is 236 Å². The number of hydrogen-bond acceptors (Lipinski definition) is 16. The molecule has 2 fully saturated rings.